The molecule has 2 aliphatic rings. The Labute approximate surface area is 226 Å². The first-order valence-corrected chi connectivity index (χ1v) is 13.4. The lowest BCUT2D eigenvalue weighted by Crippen LogP contribution is -2.47. The van der Waals surface area contributed by atoms with Crippen LogP contribution in [-0.2, 0) is 17.7 Å². The Morgan fingerprint density at radius 3 is 2.08 bits per heavy atom. The lowest BCUT2D eigenvalue weighted by atomic mass is 9.83. The second-order valence-corrected chi connectivity index (χ2v) is 11.1. The molecule has 0 aliphatic carbocycles. The van der Waals surface area contributed by atoms with E-state index in [1.54, 1.807) is 4.90 Å². The fraction of sp³-hybridized carbons (Fsp3) is 0.375. The number of fused-ring (bicyclic) bond motifs is 1. The van der Waals surface area contributed by atoms with E-state index < -0.39 is 5.60 Å². The van der Waals surface area contributed by atoms with Crippen LogP contribution in [0, 0.1) is 18.3 Å². The van der Waals surface area contributed by atoms with Gasteiger partial charge in [-0.3, -0.25) is 0 Å². The molecule has 0 N–H and O–H groups in total. The van der Waals surface area contributed by atoms with Crippen molar-refractivity contribution in [3.8, 4) is 17.2 Å². The third kappa shape index (κ3) is 5.06. The molecular weight excluding hydrogens is 472 g/mol. The molecule has 0 atom stereocenters. The van der Waals surface area contributed by atoms with Gasteiger partial charge in [0.15, 0.2) is 0 Å². The van der Waals surface area contributed by atoms with Gasteiger partial charge in [0.2, 0.25) is 0 Å². The van der Waals surface area contributed by atoms with Gasteiger partial charge in [0.1, 0.15) is 11.7 Å². The summed E-state index contributed by atoms with van der Waals surface area (Å²) in [5.41, 5.74) is 7.96. The highest BCUT2D eigenvalue weighted by Gasteiger charge is 2.33. The van der Waals surface area contributed by atoms with Gasteiger partial charge in [0, 0.05) is 45.0 Å². The van der Waals surface area contributed by atoms with Crippen molar-refractivity contribution in [2.45, 2.75) is 46.3 Å². The number of amides is 1. The number of piperazine rings is 1. The van der Waals surface area contributed by atoms with Crippen LogP contribution in [0.5, 0.6) is 0 Å². The molecular formula is C32H36N4O2. The predicted molar refractivity (Wildman–Crippen MR) is 153 cm³/mol. The van der Waals surface area contributed by atoms with Crippen LogP contribution in [0.15, 0.2) is 60.7 Å². The highest BCUT2D eigenvalue weighted by molar-refractivity contribution is 5.84. The minimum atomic E-state index is -0.556. The summed E-state index contributed by atoms with van der Waals surface area (Å²) in [4.78, 5) is 19.6. The predicted octanol–water partition coefficient (Wildman–Crippen LogP) is 6.15. The SMILES string of the molecule is Cc1c(-c2ccccc2)c2c(c(C#N)c1N1CCN(c3ccccc3)CC1)CCN(C(=O)OC(C)(C)C)C2. The van der Waals surface area contributed by atoms with Crippen LogP contribution in [0.3, 0.4) is 0 Å². The molecule has 5 rings (SSSR count). The lowest BCUT2D eigenvalue weighted by Gasteiger charge is -2.40. The highest BCUT2D eigenvalue weighted by Crippen LogP contribution is 2.42. The molecule has 0 aromatic heterocycles. The van der Waals surface area contributed by atoms with E-state index >= 15 is 0 Å². The standard InChI is InChI=1S/C32H36N4O2/c1-23-29(24-11-7-5-8-12-24)28-22-36(31(37)38-32(2,3)4)16-15-26(28)27(21-33)30(23)35-19-17-34(18-20-35)25-13-9-6-10-14-25/h5-14H,15-20,22H2,1-4H3. The van der Waals surface area contributed by atoms with Crippen LogP contribution < -0.4 is 9.80 Å². The quantitative estimate of drug-likeness (QED) is 0.424. The molecule has 0 unspecified atom stereocenters. The molecule has 3 aromatic rings. The van der Waals surface area contributed by atoms with Gasteiger partial charge in [-0.2, -0.15) is 5.26 Å². The number of rotatable bonds is 3. The van der Waals surface area contributed by atoms with Gasteiger partial charge >= 0.3 is 6.09 Å². The first kappa shape index (κ1) is 25.7. The minimum absolute atomic E-state index is 0.306. The first-order valence-electron chi connectivity index (χ1n) is 13.4. The largest absolute Gasteiger partial charge is 0.444 e. The number of benzene rings is 3. The molecule has 3 aromatic carbocycles. The molecule has 196 valence electrons. The fourth-order valence-electron chi connectivity index (χ4n) is 5.76. The zero-order valence-corrected chi connectivity index (χ0v) is 22.8. The van der Waals surface area contributed by atoms with E-state index in [1.165, 1.54) is 5.69 Å². The number of carbonyl (C=O) groups excluding carboxylic acids is 1. The van der Waals surface area contributed by atoms with Crippen molar-refractivity contribution in [2.24, 2.45) is 0 Å². The first-order chi connectivity index (χ1) is 18.3. The fourth-order valence-corrected chi connectivity index (χ4v) is 5.76. The van der Waals surface area contributed by atoms with Gasteiger partial charge < -0.3 is 19.4 Å². The molecule has 1 saturated heterocycles. The third-order valence-corrected chi connectivity index (χ3v) is 7.46. The van der Waals surface area contributed by atoms with Crippen LogP contribution in [0.2, 0.25) is 0 Å². The van der Waals surface area contributed by atoms with Crippen LogP contribution in [0.1, 0.15) is 43.0 Å². The third-order valence-electron chi connectivity index (χ3n) is 7.46. The van der Waals surface area contributed by atoms with Gasteiger partial charge in [-0.25, -0.2) is 4.79 Å². The molecule has 0 radical (unpaired) electrons. The molecule has 1 amide bonds. The van der Waals surface area contributed by atoms with E-state index in [-0.39, 0.29) is 6.09 Å². The van der Waals surface area contributed by atoms with Gasteiger partial charge in [-0.15, -0.1) is 0 Å². The average molecular weight is 509 g/mol. The normalized spacial score (nSPS) is 15.6. The zero-order valence-electron chi connectivity index (χ0n) is 22.8. The highest BCUT2D eigenvalue weighted by atomic mass is 16.6. The van der Waals surface area contributed by atoms with Crippen LogP contribution in [0.25, 0.3) is 11.1 Å². The number of hydrogen-bond acceptors (Lipinski definition) is 5. The van der Waals surface area contributed by atoms with E-state index in [2.05, 4.69) is 59.2 Å². The maximum absolute atomic E-state index is 13.0. The maximum atomic E-state index is 13.0. The Kier molecular flexibility index (Phi) is 7.03. The van der Waals surface area contributed by atoms with E-state index in [0.29, 0.717) is 19.5 Å². The Bertz CT molecular complexity index is 1350. The van der Waals surface area contributed by atoms with Crippen molar-refractivity contribution < 1.29 is 9.53 Å². The molecule has 38 heavy (non-hydrogen) atoms. The van der Waals surface area contributed by atoms with Gasteiger partial charge in [0.25, 0.3) is 0 Å². The number of ether oxygens (including phenoxy) is 1. The van der Waals surface area contributed by atoms with E-state index in [1.807, 2.05) is 45.0 Å². The number of para-hydroxylation sites is 1. The van der Waals surface area contributed by atoms with Crippen molar-refractivity contribution in [2.75, 3.05) is 42.5 Å². The maximum Gasteiger partial charge on any atom is 0.410 e. The molecule has 6 nitrogen and oxygen atoms in total. The van der Waals surface area contributed by atoms with Gasteiger partial charge in [0.05, 0.1) is 11.3 Å². The van der Waals surface area contributed by atoms with Gasteiger partial charge in [-0.05, 0) is 74.1 Å². The van der Waals surface area contributed by atoms with Crippen molar-refractivity contribution >= 4 is 17.5 Å². The summed E-state index contributed by atoms with van der Waals surface area (Å²) in [6, 6.07) is 23.5. The monoisotopic (exact) mass is 508 g/mol. The molecule has 2 heterocycles. The van der Waals surface area contributed by atoms with Crippen molar-refractivity contribution in [3.05, 3.63) is 82.9 Å². The Hall–Kier alpha value is -3.98. The summed E-state index contributed by atoms with van der Waals surface area (Å²) >= 11 is 0. The number of hydrogen-bond donors (Lipinski definition) is 0. The Balaban J connectivity index is 1.55. The van der Waals surface area contributed by atoms with Crippen LogP contribution in [-0.4, -0.2) is 49.3 Å². The zero-order chi connectivity index (χ0) is 26.9. The summed E-state index contributed by atoms with van der Waals surface area (Å²) in [7, 11) is 0. The molecule has 1 fully saturated rings. The summed E-state index contributed by atoms with van der Waals surface area (Å²) < 4.78 is 5.70. The second kappa shape index (κ2) is 10.4. The summed E-state index contributed by atoms with van der Waals surface area (Å²) in [5, 5.41) is 10.5. The van der Waals surface area contributed by atoms with E-state index in [9.17, 15) is 10.1 Å². The molecule has 0 spiro atoms. The van der Waals surface area contributed by atoms with E-state index in [4.69, 9.17) is 4.74 Å². The average Bonchev–Trinajstić information content (AvgIpc) is 2.92. The number of anilines is 2. The number of nitriles is 1. The molecule has 6 heteroatoms. The molecule has 0 bridgehead atoms. The van der Waals surface area contributed by atoms with Crippen molar-refractivity contribution in [1.82, 2.24) is 4.90 Å². The van der Waals surface area contributed by atoms with Crippen molar-refractivity contribution in [3.63, 3.8) is 0 Å². The summed E-state index contributed by atoms with van der Waals surface area (Å²) in [5.74, 6) is 0. The number of nitrogens with zero attached hydrogens (tertiary/aromatic N) is 4. The minimum Gasteiger partial charge on any atom is -0.444 e. The topological polar surface area (TPSA) is 59.8 Å². The lowest BCUT2D eigenvalue weighted by molar-refractivity contribution is 0.0224. The number of carbonyl (C=O) groups is 1. The van der Waals surface area contributed by atoms with Gasteiger partial charge in [-0.1, -0.05) is 48.5 Å². The molecule has 0 saturated carbocycles. The van der Waals surface area contributed by atoms with Crippen molar-refractivity contribution in [1.29, 1.82) is 5.26 Å². The second-order valence-electron chi connectivity index (χ2n) is 11.1. The summed E-state index contributed by atoms with van der Waals surface area (Å²) in [6.45, 7) is 12.3. The van der Waals surface area contributed by atoms with E-state index in [0.717, 1.165) is 65.2 Å². The van der Waals surface area contributed by atoms with Crippen LogP contribution in [0.4, 0.5) is 16.2 Å². The van der Waals surface area contributed by atoms with Crippen LogP contribution >= 0.6 is 0 Å². The molecule has 2 aliphatic heterocycles. The Morgan fingerprint density at radius 1 is 0.868 bits per heavy atom. The smallest absolute Gasteiger partial charge is 0.410 e. The Morgan fingerprint density at radius 2 is 1.47 bits per heavy atom. The summed E-state index contributed by atoms with van der Waals surface area (Å²) in [6.07, 6.45) is 0.327.